The maximum atomic E-state index is 13.0. The first kappa shape index (κ1) is 24.0. The van der Waals surface area contributed by atoms with E-state index in [0.29, 0.717) is 36.0 Å². The molecule has 0 aliphatic carbocycles. The van der Waals surface area contributed by atoms with Crippen molar-refractivity contribution in [2.75, 3.05) is 29.5 Å². The summed E-state index contributed by atoms with van der Waals surface area (Å²) in [6.07, 6.45) is 2.87. The van der Waals surface area contributed by atoms with E-state index in [1.165, 1.54) is 42.2 Å². The summed E-state index contributed by atoms with van der Waals surface area (Å²) in [7, 11) is 0. The molecule has 170 valence electrons. The van der Waals surface area contributed by atoms with Crippen LogP contribution in [0.2, 0.25) is 5.02 Å². The van der Waals surface area contributed by atoms with Gasteiger partial charge >= 0.3 is 0 Å². The van der Waals surface area contributed by atoms with Gasteiger partial charge in [0, 0.05) is 25.0 Å². The largest absolute Gasteiger partial charge is 0.341 e. The van der Waals surface area contributed by atoms with Crippen LogP contribution >= 0.6 is 23.4 Å². The Morgan fingerprint density at radius 2 is 1.97 bits per heavy atom. The van der Waals surface area contributed by atoms with Gasteiger partial charge in [0.05, 0.1) is 21.9 Å². The number of carbonyl (C=O) groups excluding carboxylic acids is 3. The maximum absolute atomic E-state index is 13.0. The fraction of sp³-hybridized carbons (Fsp3) is 0.364. The number of rotatable bonds is 7. The molecule has 1 saturated heterocycles. The van der Waals surface area contributed by atoms with Crippen LogP contribution in [-0.2, 0) is 14.4 Å². The molecule has 10 heteroatoms. The standard InChI is InChI=1S/C22H24ClFN4O3S/c1-14(32-13-20(29)26-18-7-5-17(24)6-8-18)22(31)28-10-2-3-15(12-28)21(30)27-19-9-4-16(23)11-25-19/h4-9,11,14-15H,2-3,10,12-13H2,1H3,(H,26,29)(H,25,27,30). The predicted molar refractivity (Wildman–Crippen MR) is 124 cm³/mol. The molecule has 0 bridgehead atoms. The van der Waals surface area contributed by atoms with Crippen molar-refractivity contribution in [1.82, 2.24) is 9.88 Å². The smallest absolute Gasteiger partial charge is 0.235 e. The lowest BCUT2D eigenvalue weighted by Gasteiger charge is -2.33. The first-order valence-electron chi connectivity index (χ1n) is 10.2. The molecular formula is C22H24ClFN4O3S. The van der Waals surface area contributed by atoms with Crippen LogP contribution in [0.5, 0.6) is 0 Å². The Morgan fingerprint density at radius 1 is 1.22 bits per heavy atom. The molecule has 7 nitrogen and oxygen atoms in total. The first-order chi connectivity index (χ1) is 15.3. The fourth-order valence-corrected chi connectivity index (χ4v) is 4.21. The van der Waals surface area contributed by atoms with Crippen molar-refractivity contribution in [3.05, 3.63) is 53.4 Å². The molecule has 3 rings (SSSR count). The van der Waals surface area contributed by atoms with Crippen LogP contribution in [-0.4, -0.2) is 51.7 Å². The monoisotopic (exact) mass is 478 g/mol. The van der Waals surface area contributed by atoms with Gasteiger partial charge in [0.25, 0.3) is 0 Å². The summed E-state index contributed by atoms with van der Waals surface area (Å²) >= 11 is 7.03. The van der Waals surface area contributed by atoms with Gasteiger partial charge in [-0.05, 0) is 56.2 Å². The van der Waals surface area contributed by atoms with Crippen LogP contribution in [0, 0.1) is 11.7 Å². The van der Waals surface area contributed by atoms with Crippen molar-refractivity contribution < 1.29 is 18.8 Å². The summed E-state index contributed by atoms with van der Waals surface area (Å²) in [6.45, 7) is 2.65. The Hall–Kier alpha value is -2.65. The highest BCUT2D eigenvalue weighted by molar-refractivity contribution is 8.01. The highest BCUT2D eigenvalue weighted by Crippen LogP contribution is 2.22. The van der Waals surface area contributed by atoms with E-state index < -0.39 is 5.25 Å². The van der Waals surface area contributed by atoms with E-state index in [2.05, 4.69) is 15.6 Å². The molecule has 0 spiro atoms. The number of anilines is 2. The summed E-state index contributed by atoms with van der Waals surface area (Å²) in [5.74, 6) is -0.766. The molecule has 0 saturated carbocycles. The summed E-state index contributed by atoms with van der Waals surface area (Å²) < 4.78 is 13.0. The lowest BCUT2D eigenvalue weighted by atomic mass is 9.97. The number of piperidine rings is 1. The number of thioether (sulfide) groups is 1. The van der Waals surface area contributed by atoms with E-state index in [1.54, 1.807) is 24.0 Å². The van der Waals surface area contributed by atoms with Crippen LogP contribution in [0.1, 0.15) is 19.8 Å². The van der Waals surface area contributed by atoms with Crippen LogP contribution in [0.15, 0.2) is 42.6 Å². The number of likely N-dealkylation sites (tertiary alicyclic amines) is 1. The Bertz CT molecular complexity index is 959. The quantitative estimate of drug-likeness (QED) is 0.631. The molecule has 32 heavy (non-hydrogen) atoms. The Labute approximate surface area is 195 Å². The average Bonchev–Trinajstić information content (AvgIpc) is 2.80. The van der Waals surface area contributed by atoms with Gasteiger partial charge in [0.1, 0.15) is 11.6 Å². The van der Waals surface area contributed by atoms with E-state index in [0.717, 1.165) is 6.42 Å². The molecule has 2 heterocycles. The number of carbonyl (C=O) groups is 3. The number of hydrogen-bond acceptors (Lipinski definition) is 5. The molecule has 1 fully saturated rings. The number of hydrogen-bond donors (Lipinski definition) is 2. The highest BCUT2D eigenvalue weighted by atomic mass is 35.5. The number of halogens is 2. The number of nitrogens with zero attached hydrogens (tertiary/aromatic N) is 2. The molecule has 1 aliphatic rings. The lowest BCUT2D eigenvalue weighted by molar-refractivity contribution is -0.133. The van der Waals surface area contributed by atoms with Crippen molar-refractivity contribution in [3.63, 3.8) is 0 Å². The molecule has 3 amide bonds. The molecule has 2 unspecified atom stereocenters. The third kappa shape index (κ3) is 6.93. The van der Waals surface area contributed by atoms with E-state index in [9.17, 15) is 18.8 Å². The second kappa shape index (κ2) is 11.3. The van der Waals surface area contributed by atoms with Gasteiger partial charge in [-0.3, -0.25) is 14.4 Å². The minimum Gasteiger partial charge on any atom is -0.341 e. The Balaban J connectivity index is 1.46. The molecule has 1 aromatic carbocycles. The molecule has 2 N–H and O–H groups in total. The van der Waals surface area contributed by atoms with Gasteiger partial charge in [-0.2, -0.15) is 0 Å². The zero-order valence-corrected chi connectivity index (χ0v) is 19.1. The third-order valence-corrected chi connectivity index (χ3v) is 6.38. The van der Waals surface area contributed by atoms with E-state index >= 15 is 0 Å². The third-order valence-electron chi connectivity index (χ3n) is 5.02. The van der Waals surface area contributed by atoms with Crippen LogP contribution in [0.4, 0.5) is 15.9 Å². The Morgan fingerprint density at radius 3 is 2.66 bits per heavy atom. The van der Waals surface area contributed by atoms with Crippen molar-refractivity contribution >= 4 is 52.6 Å². The van der Waals surface area contributed by atoms with Crippen molar-refractivity contribution in [3.8, 4) is 0 Å². The number of benzene rings is 1. The predicted octanol–water partition coefficient (Wildman–Crippen LogP) is 3.81. The maximum Gasteiger partial charge on any atom is 0.235 e. The average molecular weight is 479 g/mol. The van der Waals surface area contributed by atoms with Gasteiger partial charge in [-0.1, -0.05) is 11.6 Å². The lowest BCUT2D eigenvalue weighted by Crippen LogP contribution is -2.46. The van der Waals surface area contributed by atoms with Crippen molar-refractivity contribution in [1.29, 1.82) is 0 Å². The number of aromatic nitrogens is 1. The van der Waals surface area contributed by atoms with Crippen LogP contribution in [0.3, 0.4) is 0 Å². The summed E-state index contributed by atoms with van der Waals surface area (Å²) in [6, 6.07) is 8.76. The first-order valence-corrected chi connectivity index (χ1v) is 11.6. The molecule has 1 aliphatic heterocycles. The molecular weight excluding hydrogens is 455 g/mol. The van der Waals surface area contributed by atoms with E-state index in [-0.39, 0.29) is 35.2 Å². The second-order valence-electron chi connectivity index (χ2n) is 7.48. The zero-order valence-electron chi connectivity index (χ0n) is 17.5. The molecule has 2 aromatic rings. The van der Waals surface area contributed by atoms with Crippen molar-refractivity contribution in [2.24, 2.45) is 5.92 Å². The van der Waals surface area contributed by atoms with Gasteiger partial charge < -0.3 is 15.5 Å². The minimum atomic E-state index is -0.436. The summed E-state index contributed by atoms with van der Waals surface area (Å²) in [4.78, 5) is 43.3. The topological polar surface area (TPSA) is 91.4 Å². The number of nitrogens with one attached hydrogen (secondary N) is 2. The Kier molecular flexibility index (Phi) is 8.46. The summed E-state index contributed by atoms with van der Waals surface area (Å²) in [5.41, 5.74) is 0.496. The second-order valence-corrected chi connectivity index (χ2v) is 9.25. The van der Waals surface area contributed by atoms with Crippen molar-refractivity contribution in [2.45, 2.75) is 25.0 Å². The van der Waals surface area contributed by atoms with Gasteiger partial charge in [-0.15, -0.1) is 11.8 Å². The molecule has 2 atom stereocenters. The molecule has 1 aromatic heterocycles. The number of pyridine rings is 1. The highest BCUT2D eigenvalue weighted by Gasteiger charge is 2.31. The normalized spacial score (nSPS) is 16.8. The van der Waals surface area contributed by atoms with Gasteiger partial charge in [0.2, 0.25) is 17.7 Å². The molecule has 0 radical (unpaired) electrons. The summed E-state index contributed by atoms with van der Waals surface area (Å²) in [5, 5.41) is 5.48. The van der Waals surface area contributed by atoms with Crippen LogP contribution < -0.4 is 10.6 Å². The van der Waals surface area contributed by atoms with Gasteiger partial charge in [0.15, 0.2) is 0 Å². The van der Waals surface area contributed by atoms with E-state index in [1.807, 2.05) is 0 Å². The van der Waals surface area contributed by atoms with Crippen LogP contribution in [0.25, 0.3) is 0 Å². The SMILES string of the molecule is CC(SCC(=O)Nc1ccc(F)cc1)C(=O)N1CCCC(C(=O)Nc2ccc(Cl)cn2)C1. The fourth-order valence-electron chi connectivity index (χ4n) is 3.33. The zero-order chi connectivity index (χ0) is 23.1. The van der Waals surface area contributed by atoms with Gasteiger partial charge in [-0.25, -0.2) is 9.37 Å². The van der Waals surface area contributed by atoms with E-state index in [4.69, 9.17) is 11.6 Å². The minimum absolute atomic E-state index is 0.0876. The number of amides is 3.